The van der Waals surface area contributed by atoms with Gasteiger partial charge >= 0.3 is 0 Å². The van der Waals surface area contributed by atoms with E-state index in [2.05, 4.69) is 27.5 Å². The summed E-state index contributed by atoms with van der Waals surface area (Å²) in [7, 11) is 2.07. The molecule has 0 spiro atoms. The number of nitrogens with zero attached hydrogens (tertiary/aromatic N) is 3. The summed E-state index contributed by atoms with van der Waals surface area (Å²) in [6.45, 7) is 2.16. The van der Waals surface area contributed by atoms with Gasteiger partial charge in [0, 0.05) is 25.8 Å². The second-order valence-corrected chi connectivity index (χ2v) is 3.34. The van der Waals surface area contributed by atoms with Crippen LogP contribution in [0, 0.1) is 0 Å². The van der Waals surface area contributed by atoms with Crippen LogP contribution in [0.25, 0.3) is 0 Å². The Kier molecular flexibility index (Phi) is 2.40. The second-order valence-electron chi connectivity index (χ2n) is 3.34. The van der Waals surface area contributed by atoms with Gasteiger partial charge in [-0.1, -0.05) is 0 Å². The van der Waals surface area contributed by atoms with Crippen LogP contribution in [0.1, 0.15) is 6.42 Å². The van der Waals surface area contributed by atoms with Gasteiger partial charge in [-0.05, 0) is 25.1 Å². The Morgan fingerprint density at radius 2 is 2.54 bits per heavy atom. The molecule has 70 valence electrons. The lowest BCUT2D eigenvalue weighted by atomic mass is 10.2. The zero-order valence-electron chi connectivity index (χ0n) is 7.77. The largest absolute Gasteiger partial charge is 0.354 e. The highest BCUT2D eigenvalue weighted by Crippen LogP contribution is 2.13. The molecule has 1 fully saturated rings. The van der Waals surface area contributed by atoms with Gasteiger partial charge in [-0.3, -0.25) is 0 Å². The van der Waals surface area contributed by atoms with E-state index in [1.54, 1.807) is 6.20 Å². The fourth-order valence-corrected chi connectivity index (χ4v) is 1.64. The number of likely N-dealkylation sites (N-methyl/N-ethyl adjacent to an activating group) is 1. The summed E-state index contributed by atoms with van der Waals surface area (Å²) < 4.78 is 0. The first-order valence-corrected chi connectivity index (χ1v) is 4.59. The molecule has 0 aliphatic carbocycles. The molecule has 0 amide bonds. The molecular formula is C9H14N4. The molecule has 1 N–H and O–H groups in total. The van der Waals surface area contributed by atoms with Crippen molar-refractivity contribution >= 4 is 5.82 Å². The predicted octanol–water partition coefficient (Wildman–Crippen LogP) is 0.275. The average molecular weight is 178 g/mol. The number of rotatable bonds is 2. The summed E-state index contributed by atoms with van der Waals surface area (Å²) in [4.78, 5) is 2.19. The molecule has 0 unspecified atom stereocenters. The van der Waals surface area contributed by atoms with Crippen molar-refractivity contribution in [3.63, 3.8) is 0 Å². The van der Waals surface area contributed by atoms with Gasteiger partial charge < -0.3 is 10.2 Å². The van der Waals surface area contributed by atoms with Crippen molar-refractivity contribution < 1.29 is 0 Å². The van der Waals surface area contributed by atoms with Gasteiger partial charge in [0.15, 0.2) is 5.82 Å². The minimum atomic E-state index is 0.566. The number of aromatic nitrogens is 2. The lowest BCUT2D eigenvalue weighted by Crippen LogP contribution is -2.33. The first kappa shape index (κ1) is 8.44. The minimum absolute atomic E-state index is 0.566. The van der Waals surface area contributed by atoms with Gasteiger partial charge in [-0.15, -0.1) is 5.10 Å². The summed E-state index contributed by atoms with van der Waals surface area (Å²) in [6, 6.07) is 4.48. The fraction of sp³-hybridized carbons (Fsp3) is 0.556. The molecule has 1 aliphatic heterocycles. The summed E-state index contributed by atoms with van der Waals surface area (Å²) in [6.07, 6.45) is 2.89. The van der Waals surface area contributed by atoms with Crippen LogP contribution in [0.4, 0.5) is 5.82 Å². The summed E-state index contributed by atoms with van der Waals surface area (Å²) >= 11 is 0. The van der Waals surface area contributed by atoms with Crippen LogP contribution in [-0.2, 0) is 0 Å². The lowest BCUT2D eigenvalue weighted by Gasteiger charge is -2.23. The maximum atomic E-state index is 4.07. The van der Waals surface area contributed by atoms with Gasteiger partial charge in [-0.25, -0.2) is 0 Å². The first-order chi connectivity index (χ1) is 6.38. The number of nitrogens with one attached hydrogen (secondary N) is 1. The molecule has 1 atom stereocenters. The second kappa shape index (κ2) is 3.70. The molecule has 2 heterocycles. The molecule has 2 rings (SSSR count). The Morgan fingerprint density at radius 3 is 3.15 bits per heavy atom. The highest BCUT2D eigenvalue weighted by Gasteiger charge is 2.19. The van der Waals surface area contributed by atoms with Crippen LogP contribution < -0.4 is 10.2 Å². The third kappa shape index (κ3) is 1.78. The first-order valence-electron chi connectivity index (χ1n) is 4.59. The molecular weight excluding hydrogens is 164 g/mol. The molecule has 4 nitrogen and oxygen atoms in total. The minimum Gasteiger partial charge on any atom is -0.354 e. The molecule has 1 aromatic heterocycles. The maximum Gasteiger partial charge on any atom is 0.151 e. The van der Waals surface area contributed by atoms with Crippen molar-refractivity contribution in [1.29, 1.82) is 0 Å². The molecule has 0 bridgehead atoms. The lowest BCUT2D eigenvalue weighted by molar-refractivity contribution is 0.672. The van der Waals surface area contributed by atoms with Gasteiger partial charge in [0.25, 0.3) is 0 Å². The van der Waals surface area contributed by atoms with E-state index in [1.165, 1.54) is 6.42 Å². The number of hydrogen-bond acceptors (Lipinski definition) is 4. The van der Waals surface area contributed by atoms with Crippen LogP contribution in [0.15, 0.2) is 18.3 Å². The van der Waals surface area contributed by atoms with E-state index >= 15 is 0 Å². The average Bonchev–Trinajstić information content (AvgIpc) is 2.71. The highest BCUT2D eigenvalue weighted by molar-refractivity contribution is 5.36. The normalized spacial score (nSPS) is 21.8. The Balaban J connectivity index is 2.08. The topological polar surface area (TPSA) is 41.1 Å². The van der Waals surface area contributed by atoms with Crippen molar-refractivity contribution in [2.45, 2.75) is 12.5 Å². The van der Waals surface area contributed by atoms with Gasteiger partial charge in [0.2, 0.25) is 0 Å². The smallest absolute Gasteiger partial charge is 0.151 e. The molecule has 0 radical (unpaired) electrons. The van der Waals surface area contributed by atoms with Gasteiger partial charge in [-0.2, -0.15) is 5.10 Å². The summed E-state index contributed by atoms with van der Waals surface area (Å²) in [5.41, 5.74) is 0. The van der Waals surface area contributed by atoms with E-state index in [-0.39, 0.29) is 0 Å². The number of hydrogen-bond donors (Lipinski definition) is 1. The quantitative estimate of drug-likeness (QED) is 0.706. The monoisotopic (exact) mass is 178 g/mol. The summed E-state index contributed by atoms with van der Waals surface area (Å²) in [5, 5.41) is 11.3. The third-order valence-corrected chi connectivity index (χ3v) is 2.50. The molecule has 1 aromatic rings. The van der Waals surface area contributed by atoms with Crippen LogP contribution in [-0.4, -0.2) is 36.4 Å². The van der Waals surface area contributed by atoms with Crippen molar-refractivity contribution in [2.24, 2.45) is 0 Å². The zero-order chi connectivity index (χ0) is 9.10. The standard InChI is InChI=1S/C9H14N4/c1-13(8-4-6-10-7-8)9-3-2-5-11-12-9/h2-3,5,8,10H,4,6-7H2,1H3/t8-/m0/s1. The predicted molar refractivity (Wildman–Crippen MR) is 51.7 cm³/mol. The molecule has 0 saturated carbocycles. The molecule has 13 heavy (non-hydrogen) atoms. The van der Waals surface area contributed by atoms with Crippen molar-refractivity contribution in [3.05, 3.63) is 18.3 Å². The molecule has 0 aromatic carbocycles. The van der Waals surface area contributed by atoms with Crippen molar-refractivity contribution in [3.8, 4) is 0 Å². The Hall–Kier alpha value is -1.16. The van der Waals surface area contributed by atoms with E-state index in [0.29, 0.717) is 6.04 Å². The van der Waals surface area contributed by atoms with E-state index in [9.17, 15) is 0 Å². The Labute approximate surface area is 78.0 Å². The van der Waals surface area contributed by atoms with Crippen LogP contribution in [0.2, 0.25) is 0 Å². The summed E-state index contributed by atoms with van der Waals surface area (Å²) in [5.74, 6) is 0.955. The van der Waals surface area contributed by atoms with Crippen LogP contribution in [0.5, 0.6) is 0 Å². The fourth-order valence-electron chi connectivity index (χ4n) is 1.64. The van der Waals surface area contributed by atoms with Gasteiger partial charge in [0.1, 0.15) is 0 Å². The maximum absolute atomic E-state index is 4.07. The highest BCUT2D eigenvalue weighted by atomic mass is 15.3. The number of anilines is 1. The van der Waals surface area contributed by atoms with Gasteiger partial charge in [0.05, 0.1) is 0 Å². The van der Waals surface area contributed by atoms with E-state index in [1.807, 2.05) is 12.1 Å². The molecule has 1 saturated heterocycles. The van der Waals surface area contributed by atoms with E-state index < -0.39 is 0 Å². The molecule has 4 heteroatoms. The van der Waals surface area contributed by atoms with Crippen LogP contribution >= 0.6 is 0 Å². The Morgan fingerprint density at radius 1 is 1.62 bits per heavy atom. The zero-order valence-corrected chi connectivity index (χ0v) is 7.77. The van der Waals surface area contributed by atoms with Crippen LogP contribution in [0.3, 0.4) is 0 Å². The Bertz CT molecular complexity index is 256. The van der Waals surface area contributed by atoms with E-state index in [0.717, 1.165) is 18.9 Å². The van der Waals surface area contributed by atoms with Crippen molar-refractivity contribution in [1.82, 2.24) is 15.5 Å². The third-order valence-electron chi connectivity index (χ3n) is 2.50. The SMILES string of the molecule is CN(c1cccnn1)[C@H]1CCNC1. The van der Waals surface area contributed by atoms with E-state index in [4.69, 9.17) is 0 Å². The van der Waals surface area contributed by atoms with Crippen molar-refractivity contribution in [2.75, 3.05) is 25.0 Å². The molecule has 1 aliphatic rings.